The first kappa shape index (κ1) is 9.30. The molecule has 68 valence electrons. The summed E-state index contributed by atoms with van der Waals surface area (Å²) in [6, 6.07) is 0. The molecule has 2 nitrogen and oxygen atoms in total. The zero-order valence-electron chi connectivity index (χ0n) is 8.01. The lowest BCUT2D eigenvalue weighted by Crippen LogP contribution is -1.91. The molecule has 0 spiro atoms. The Labute approximate surface area is 74.4 Å². The van der Waals surface area contributed by atoms with Crippen molar-refractivity contribution in [2.24, 2.45) is 5.92 Å². The first-order valence-electron chi connectivity index (χ1n) is 4.77. The highest BCUT2D eigenvalue weighted by molar-refractivity contribution is 4.86. The Bertz CT molecular complexity index is 190. The fourth-order valence-corrected chi connectivity index (χ4v) is 1.28. The van der Waals surface area contributed by atoms with E-state index in [1.807, 2.05) is 12.4 Å². The van der Waals surface area contributed by atoms with Gasteiger partial charge in [-0.1, -0.05) is 26.7 Å². The molecule has 0 fully saturated rings. The lowest BCUT2D eigenvalue weighted by Gasteiger charge is -2.02. The van der Waals surface area contributed by atoms with E-state index in [2.05, 4.69) is 23.8 Å². The molecule has 0 amide bonds. The molecule has 0 aliphatic rings. The van der Waals surface area contributed by atoms with Crippen molar-refractivity contribution in [3.8, 4) is 0 Å². The SMILES string of the molecule is CC(C)CCCCc1ncc[nH]1. The molecule has 0 aliphatic heterocycles. The third-order valence-electron chi connectivity index (χ3n) is 2.00. The van der Waals surface area contributed by atoms with Crippen LogP contribution in [0.4, 0.5) is 0 Å². The minimum atomic E-state index is 0.835. The summed E-state index contributed by atoms with van der Waals surface area (Å²) in [4.78, 5) is 7.29. The largest absolute Gasteiger partial charge is 0.349 e. The van der Waals surface area contributed by atoms with Gasteiger partial charge in [-0.15, -0.1) is 0 Å². The van der Waals surface area contributed by atoms with Crippen molar-refractivity contribution < 1.29 is 0 Å². The summed E-state index contributed by atoms with van der Waals surface area (Å²) in [5.74, 6) is 1.96. The Morgan fingerprint density at radius 3 is 2.83 bits per heavy atom. The van der Waals surface area contributed by atoms with Gasteiger partial charge in [-0.2, -0.15) is 0 Å². The second-order valence-corrected chi connectivity index (χ2v) is 3.68. The van der Waals surface area contributed by atoms with E-state index in [-0.39, 0.29) is 0 Å². The fourth-order valence-electron chi connectivity index (χ4n) is 1.28. The van der Waals surface area contributed by atoms with Gasteiger partial charge in [0.05, 0.1) is 0 Å². The number of aromatic nitrogens is 2. The van der Waals surface area contributed by atoms with Crippen LogP contribution in [0.1, 0.15) is 38.9 Å². The van der Waals surface area contributed by atoms with Crippen molar-refractivity contribution in [2.45, 2.75) is 39.5 Å². The molecule has 1 heterocycles. The average molecular weight is 166 g/mol. The van der Waals surface area contributed by atoms with Crippen LogP contribution >= 0.6 is 0 Å². The van der Waals surface area contributed by atoms with Crippen LogP contribution in [-0.4, -0.2) is 9.97 Å². The molecular formula is C10H18N2. The first-order valence-corrected chi connectivity index (χ1v) is 4.77. The number of aryl methyl sites for hydroxylation is 1. The van der Waals surface area contributed by atoms with Crippen LogP contribution in [0.3, 0.4) is 0 Å². The molecule has 0 atom stereocenters. The minimum Gasteiger partial charge on any atom is -0.349 e. The molecule has 0 saturated heterocycles. The number of hydrogen-bond donors (Lipinski definition) is 1. The maximum absolute atomic E-state index is 4.18. The van der Waals surface area contributed by atoms with Crippen LogP contribution in [0.25, 0.3) is 0 Å². The van der Waals surface area contributed by atoms with Crippen molar-refractivity contribution in [3.05, 3.63) is 18.2 Å². The molecule has 0 unspecified atom stereocenters. The van der Waals surface area contributed by atoms with Crippen LogP contribution in [0, 0.1) is 5.92 Å². The number of H-pyrrole nitrogens is 1. The summed E-state index contributed by atoms with van der Waals surface area (Å²) < 4.78 is 0. The first-order chi connectivity index (χ1) is 5.79. The molecule has 1 N–H and O–H groups in total. The van der Waals surface area contributed by atoms with Crippen molar-refractivity contribution in [1.29, 1.82) is 0 Å². The van der Waals surface area contributed by atoms with Gasteiger partial charge in [0.1, 0.15) is 5.82 Å². The number of hydrogen-bond acceptors (Lipinski definition) is 1. The van der Waals surface area contributed by atoms with E-state index < -0.39 is 0 Å². The highest BCUT2D eigenvalue weighted by Gasteiger charge is 1.96. The van der Waals surface area contributed by atoms with Crippen LogP contribution in [0.15, 0.2) is 12.4 Å². The van der Waals surface area contributed by atoms with Gasteiger partial charge in [0.2, 0.25) is 0 Å². The molecule has 12 heavy (non-hydrogen) atoms. The van der Waals surface area contributed by atoms with Gasteiger partial charge in [-0.3, -0.25) is 0 Å². The lowest BCUT2D eigenvalue weighted by atomic mass is 10.1. The smallest absolute Gasteiger partial charge is 0.105 e. The predicted molar refractivity (Wildman–Crippen MR) is 51.0 cm³/mol. The number of aromatic amines is 1. The maximum atomic E-state index is 4.18. The van der Waals surface area contributed by atoms with Gasteiger partial charge in [-0.05, 0) is 12.3 Å². The van der Waals surface area contributed by atoms with Crippen LogP contribution in [0.5, 0.6) is 0 Å². The summed E-state index contributed by atoms with van der Waals surface area (Å²) in [6.07, 6.45) is 8.71. The molecule has 0 bridgehead atoms. The summed E-state index contributed by atoms with van der Waals surface area (Å²) in [6.45, 7) is 4.54. The van der Waals surface area contributed by atoms with E-state index >= 15 is 0 Å². The van der Waals surface area contributed by atoms with Gasteiger partial charge >= 0.3 is 0 Å². The monoisotopic (exact) mass is 166 g/mol. The Hall–Kier alpha value is -0.790. The molecule has 0 radical (unpaired) electrons. The fraction of sp³-hybridized carbons (Fsp3) is 0.700. The van der Waals surface area contributed by atoms with Crippen LogP contribution in [0.2, 0.25) is 0 Å². The molecular weight excluding hydrogens is 148 g/mol. The average Bonchev–Trinajstić information content (AvgIpc) is 2.49. The number of nitrogens with one attached hydrogen (secondary N) is 1. The number of imidazole rings is 1. The van der Waals surface area contributed by atoms with E-state index in [1.165, 1.54) is 19.3 Å². The van der Waals surface area contributed by atoms with Crippen molar-refractivity contribution in [3.63, 3.8) is 0 Å². The molecule has 1 aromatic rings. The Morgan fingerprint density at radius 2 is 2.25 bits per heavy atom. The molecule has 2 heteroatoms. The number of unbranched alkanes of at least 4 members (excludes halogenated alkanes) is 1. The Morgan fingerprint density at radius 1 is 1.42 bits per heavy atom. The molecule has 0 aliphatic carbocycles. The summed E-state index contributed by atoms with van der Waals surface area (Å²) in [5.41, 5.74) is 0. The summed E-state index contributed by atoms with van der Waals surface area (Å²) in [7, 11) is 0. The Balaban J connectivity index is 2.04. The second kappa shape index (κ2) is 4.96. The minimum absolute atomic E-state index is 0.835. The van der Waals surface area contributed by atoms with Gasteiger partial charge in [0, 0.05) is 18.8 Å². The van der Waals surface area contributed by atoms with E-state index in [0.29, 0.717) is 0 Å². The molecule has 1 rings (SSSR count). The topological polar surface area (TPSA) is 28.7 Å². The second-order valence-electron chi connectivity index (χ2n) is 3.68. The van der Waals surface area contributed by atoms with Crippen molar-refractivity contribution in [1.82, 2.24) is 9.97 Å². The normalized spacial score (nSPS) is 10.9. The number of rotatable bonds is 5. The lowest BCUT2D eigenvalue weighted by molar-refractivity contribution is 0.535. The van der Waals surface area contributed by atoms with Gasteiger partial charge in [0.25, 0.3) is 0 Å². The quantitative estimate of drug-likeness (QED) is 0.669. The van der Waals surface area contributed by atoms with Gasteiger partial charge in [0.15, 0.2) is 0 Å². The zero-order chi connectivity index (χ0) is 8.81. The van der Waals surface area contributed by atoms with E-state index in [9.17, 15) is 0 Å². The third-order valence-corrected chi connectivity index (χ3v) is 2.00. The highest BCUT2D eigenvalue weighted by atomic mass is 14.9. The van der Waals surface area contributed by atoms with Crippen LogP contribution in [-0.2, 0) is 6.42 Å². The van der Waals surface area contributed by atoms with Gasteiger partial charge in [-0.25, -0.2) is 4.98 Å². The van der Waals surface area contributed by atoms with Crippen molar-refractivity contribution in [2.75, 3.05) is 0 Å². The standard InChI is InChI=1S/C10H18N2/c1-9(2)5-3-4-6-10-11-7-8-12-10/h7-9H,3-6H2,1-2H3,(H,11,12). The zero-order valence-corrected chi connectivity index (χ0v) is 8.01. The van der Waals surface area contributed by atoms with Crippen molar-refractivity contribution >= 4 is 0 Å². The highest BCUT2D eigenvalue weighted by Crippen LogP contribution is 2.08. The van der Waals surface area contributed by atoms with E-state index in [1.54, 1.807) is 0 Å². The molecule has 1 aromatic heterocycles. The molecule has 0 saturated carbocycles. The molecule has 0 aromatic carbocycles. The third kappa shape index (κ3) is 3.56. The maximum Gasteiger partial charge on any atom is 0.105 e. The van der Waals surface area contributed by atoms with Crippen LogP contribution < -0.4 is 0 Å². The van der Waals surface area contributed by atoms with E-state index in [0.717, 1.165) is 18.2 Å². The summed E-state index contributed by atoms with van der Waals surface area (Å²) >= 11 is 0. The van der Waals surface area contributed by atoms with E-state index in [4.69, 9.17) is 0 Å². The Kier molecular flexibility index (Phi) is 3.85. The summed E-state index contributed by atoms with van der Waals surface area (Å²) in [5, 5.41) is 0. The van der Waals surface area contributed by atoms with Gasteiger partial charge < -0.3 is 4.98 Å². The number of nitrogens with zero attached hydrogens (tertiary/aromatic N) is 1. The predicted octanol–water partition coefficient (Wildman–Crippen LogP) is 2.78.